The number of anilines is 1. The Labute approximate surface area is 216 Å². The van der Waals surface area contributed by atoms with E-state index in [2.05, 4.69) is 121 Å². The van der Waals surface area contributed by atoms with Gasteiger partial charge in [0.1, 0.15) is 0 Å². The highest BCUT2D eigenvalue weighted by Crippen LogP contribution is 2.32. The van der Waals surface area contributed by atoms with Crippen molar-refractivity contribution in [3.63, 3.8) is 0 Å². The summed E-state index contributed by atoms with van der Waals surface area (Å²) in [4.78, 5) is 0. The number of hydrogen-bond donors (Lipinski definition) is 1. The van der Waals surface area contributed by atoms with E-state index in [0.29, 0.717) is 0 Å². The second kappa shape index (κ2) is 10.4. The zero-order valence-electron chi connectivity index (χ0n) is 22.7. The molecule has 1 nitrogen and oxygen atoms in total. The molecule has 0 heterocycles. The third-order valence-corrected chi connectivity index (χ3v) is 7.41. The standard InChI is InChI=1S/C35H37N/c1-8-9-29-13-14-30-16-19-32(25(5)21-34(30)26(29)6)33-18-11-23(3)35(27(33)7)22(2)10-12-28-15-17-31(36)20-24(28)4/h8-11,13-15,17-21H,12,36H2,1-7H3/b9-8-,22-10+. The first-order chi connectivity index (χ1) is 17.2. The number of aryl methyl sites for hydroxylation is 2. The van der Waals surface area contributed by atoms with Crippen molar-refractivity contribution < 1.29 is 0 Å². The van der Waals surface area contributed by atoms with Crippen LogP contribution in [0.5, 0.6) is 0 Å². The lowest BCUT2D eigenvalue weighted by atomic mass is 9.87. The Bertz CT molecular complexity index is 1600. The van der Waals surface area contributed by atoms with E-state index in [-0.39, 0.29) is 0 Å². The minimum absolute atomic E-state index is 0.820. The summed E-state index contributed by atoms with van der Waals surface area (Å²) < 4.78 is 0. The quantitative estimate of drug-likeness (QED) is 0.386. The van der Waals surface area contributed by atoms with Crippen LogP contribution in [0.3, 0.4) is 0 Å². The average molecular weight is 472 g/mol. The SMILES string of the molecule is C/C=C\c1ccc2c(c1C)=CC(C)=C(c1ccc(C)c(/C(C)=C/Cc3ccc(N)cc3C)c1C)C=C=2. The first kappa shape index (κ1) is 25.3. The maximum atomic E-state index is 5.95. The lowest BCUT2D eigenvalue weighted by Crippen LogP contribution is -2.27. The molecular formula is C35H37N. The Morgan fingerprint density at radius 3 is 2.42 bits per heavy atom. The summed E-state index contributed by atoms with van der Waals surface area (Å²) >= 11 is 0. The summed E-state index contributed by atoms with van der Waals surface area (Å²) in [6.45, 7) is 15.3. The molecule has 0 saturated heterocycles. The van der Waals surface area contributed by atoms with Crippen molar-refractivity contribution in [2.45, 2.75) is 54.9 Å². The molecule has 0 unspecified atom stereocenters. The van der Waals surface area contributed by atoms with Crippen molar-refractivity contribution >= 4 is 34.7 Å². The number of benzene rings is 3. The largest absolute Gasteiger partial charge is 0.399 e. The third kappa shape index (κ3) is 4.94. The van der Waals surface area contributed by atoms with Crippen LogP contribution in [0, 0.1) is 27.7 Å². The highest BCUT2D eigenvalue weighted by Gasteiger charge is 2.14. The van der Waals surface area contributed by atoms with Gasteiger partial charge in [-0.25, -0.2) is 0 Å². The average Bonchev–Trinajstić information content (AvgIpc) is 3.00. The van der Waals surface area contributed by atoms with Crippen molar-refractivity contribution in [3.05, 3.63) is 121 Å². The molecule has 3 aromatic carbocycles. The summed E-state index contributed by atoms with van der Waals surface area (Å²) in [7, 11) is 0. The number of hydrogen-bond acceptors (Lipinski definition) is 1. The van der Waals surface area contributed by atoms with Gasteiger partial charge in [-0.05, 0) is 152 Å². The van der Waals surface area contributed by atoms with Crippen LogP contribution >= 0.6 is 0 Å². The van der Waals surface area contributed by atoms with Crippen molar-refractivity contribution in [2.24, 2.45) is 0 Å². The molecule has 0 bridgehead atoms. The van der Waals surface area contributed by atoms with Gasteiger partial charge in [0.25, 0.3) is 0 Å². The van der Waals surface area contributed by atoms with Gasteiger partial charge in [0.2, 0.25) is 0 Å². The van der Waals surface area contributed by atoms with E-state index in [1.54, 1.807) is 0 Å². The Morgan fingerprint density at radius 2 is 1.69 bits per heavy atom. The van der Waals surface area contributed by atoms with E-state index in [0.717, 1.165) is 17.3 Å². The fourth-order valence-corrected chi connectivity index (χ4v) is 5.32. The van der Waals surface area contributed by atoms with E-state index in [1.165, 1.54) is 66.4 Å². The van der Waals surface area contributed by atoms with Gasteiger partial charge < -0.3 is 5.73 Å². The van der Waals surface area contributed by atoms with Crippen LogP contribution in [-0.4, -0.2) is 0 Å². The monoisotopic (exact) mass is 471 g/mol. The minimum atomic E-state index is 0.820. The normalized spacial score (nSPS) is 13.5. The van der Waals surface area contributed by atoms with E-state index < -0.39 is 0 Å². The lowest BCUT2D eigenvalue weighted by Gasteiger charge is -2.17. The number of nitrogens with two attached hydrogens (primary N) is 1. The molecule has 36 heavy (non-hydrogen) atoms. The Morgan fingerprint density at radius 1 is 0.917 bits per heavy atom. The molecule has 0 atom stereocenters. The molecule has 0 aliphatic heterocycles. The first-order valence-corrected chi connectivity index (χ1v) is 12.8. The van der Waals surface area contributed by atoms with Crippen molar-refractivity contribution in [1.82, 2.24) is 0 Å². The molecule has 1 heteroatoms. The summed E-state index contributed by atoms with van der Waals surface area (Å²) in [5.41, 5.74) is 24.5. The van der Waals surface area contributed by atoms with Gasteiger partial charge in [0.05, 0.1) is 0 Å². The van der Waals surface area contributed by atoms with Gasteiger partial charge in [-0.2, -0.15) is 0 Å². The van der Waals surface area contributed by atoms with E-state index in [1.807, 2.05) is 6.07 Å². The zero-order chi connectivity index (χ0) is 26.0. The van der Waals surface area contributed by atoms with Crippen LogP contribution < -0.4 is 16.2 Å². The maximum absolute atomic E-state index is 5.95. The van der Waals surface area contributed by atoms with Crippen molar-refractivity contribution in [3.8, 4) is 0 Å². The molecule has 1 aliphatic carbocycles. The Balaban J connectivity index is 1.80. The summed E-state index contributed by atoms with van der Waals surface area (Å²) in [5.74, 6) is 0. The molecule has 0 fully saturated rings. The number of nitrogen functional groups attached to an aromatic ring is 1. The van der Waals surface area contributed by atoms with Gasteiger partial charge >= 0.3 is 0 Å². The molecule has 0 amide bonds. The second-order valence-electron chi connectivity index (χ2n) is 9.98. The topological polar surface area (TPSA) is 26.0 Å². The van der Waals surface area contributed by atoms with Gasteiger partial charge in [-0.3, -0.25) is 0 Å². The zero-order valence-corrected chi connectivity index (χ0v) is 22.7. The summed E-state index contributed by atoms with van der Waals surface area (Å²) in [6.07, 6.45) is 12.0. The number of fused-ring (bicyclic) bond motifs is 1. The lowest BCUT2D eigenvalue weighted by molar-refractivity contribution is 1.21. The third-order valence-electron chi connectivity index (χ3n) is 7.41. The predicted molar refractivity (Wildman–Crippen MR) is 159 cm³/mol. The molecule has 1 aliphatic rings. The Hall–Kier alpha value is -3.80. The number of allylic oxidation sites excluding steroid dienone is 6. The van der Waals surface area contributed by atoms with Gasteiger partial charge in [-0.15, -0.1) is 5.73 Å². The molecule has 0 aromatic heterocycles. The van der Waals surface area contributed by atoms with Crippen LogP contribution in [0.2, 0.25) is 0 Å². The first-order valence-electron chi connectivity index (χ1n) is 12.8. The van der Waals surface area contributed by atoms with E-state index >= 15 is 0 Å². The van der Waals surface area contributed by atoms with Gasteiger partial charge in [-0.1, -0.05) is 42.5 Å². The molecule has 0 saturated carbocycles. The van der Waals surface area contributed by atoms with Crippen LogP contribution in [0.4, 0.5) is 5.69 Å². The van der Waals surface area contributed by atoms with Crippen LogP contribution in [0.1, 0.15) is 65.3 Å². The predicted octanol–water partition coefficient (Wildman–Crippen LogP) is 7.38. The molecule has 0 spiro atoms. The highest BCUT2D eigenvalue weighted by molar-refractivity contribution is 5.88. The fourth-order valence-electron chi connectivity index (χ4n) is 5.32. The van der Waals surface area contributed by atoms with E-state index in [9.17, 15) is 0 Å². The fraction of sp³-hybridized carbons (Fsp3) is 0.229. The maximum Gasteiger partial charge on any atom is 0.0316 e. The van der Waals surface area contributed by atoms with Crippen LogP contribution in [0.25, 0.3) is 29.0 Å². The molecule has 4 rings (SSSR count). The Kier molecular flexibility index (Phi) is 7.34. The van der Waals surface area contributed by atoms with Gasteiger partial charge in [0.15, 0.2) is 0 Å². The van der Waals surface area contributed by atoms with Crippen LogP contribution in [0.15, 0.2) is 66.3 Å². The second-order valence-corrected chi connectivity index (χ2v) is 9.98. The number of rotatable bonds is 5. The molecule has 2 N–H and O–H groups in total. The smallest absolute Gasteiger partial charge is 0.0316 e. The molecule has 0 radical (unpaired) electrons. The van der Waals surface area contributed by atoms with Crippen LogP contribution in [-0.2, 0) is 6.42 Å². The molecule has 3 aromatic rings. The minimum Gasteiger partial charge on any atom is -0.399 e. The molecule has 182 valence electrons. The van der Waals surface area contributed by atoms with Crippen molar-refractivity contribution in [1.29, 1.82) is 0 Å². The summed E-state index contributed by atoms with van der Waals surface area (Å²) in [5, 5.41) is 2.41. The summed E-state index contributed by atoms with van der Waals surface area (Å²) in [6, 6.07) is 15.1. The van der Waals surface area contributed by atoms with E-state index in [4.69, 9.17) is 5.73 Å². The van der Waals surface area contributed by atoms with Crippen molar-refractivity contribution in [2.75, 3.05) is 5.73 Å². The highest BCUT2D eigenvalue weighted by atomic mass is 14.5. The van der Waals surface area contributed by atoms with Gasteiger partial charge in [0, 0.05) is 10.9 Å². The molecular weight excluding hydrogens is 434 g/mol.